The Morgan fingerprint density at radius 3 is 2.46 bits per heavy atom. The van der Waals surface area contributed by atoms with E-state index in [-0.39, 0.29) is 16.7 Å². The second-order valence-electron chi connectivity index (χ2n) is 8.70. The predicted molar refractivity (Wildman–Crippen MR) is 135 cm³/mol. The maximum absolute atomic E-state index is 11.7. The Kier molecular flexibility index (Phi) is 8.05. The van der Waals surface area contributed by atoms with Crippen LogP contribution in [0.3, 0.4) is 0 Å². The van der Waals surface area contributed by atoms with Crippen molar-refractivity contribution in [1.82, 2.24) is 0 Å². The lowest BCUT2D eigenvalue weighted by molar-refractivity contribution is -0.139. The Morgan fingerprint density at radius 2 is 1.77 bits per heavy atom. The van der Waals surface area contributed by atoms with Crippen LogP contribution in [0.2, 0.25) is 0 Å². The number of anilines is 1. The number of carboxylic acid groups (broad SMARTS) is 2. The van der Waals surface area contributed by atoms with Gasteiger partial charge < -0.3 is 25.0 Å². The van der Waals surface area contributed by atoms with E-state index < -0.39 is 18.5 Å². The molecule has 4 rings (SSSR count). The fourth-order valence-electron chi connectivity index (χ4n) is 4.37. The molecule has 0 unspecified atom stereocenters. The molecule has 3 N–H and O–H groups in total. The summed E-state index contributed by atoms with van der Waals surface area (Å²) in [6.07, 6.45) is 4.30. The van der Waals surface area contributed by atoms with E-state index >= 15 is 0 Å². The van der Waals surface area contributed by atoms with Gasteiger partial charge in [-0.2, -0.15) is 0 Å². The van der Waals surface area contributed by atoms with Crippen molar-refractivity contribution in [2.24, 2.45) is 0 Å². The summed E-state index contributed by atoms with van der Waals surface area (Å²) in [4.78, 5) is 23.4. The molecule has 35 heavy (non-hydrogen) atoms. The molecule has 0 amide bonds. The number of hydrogen-bond acceptors (Lipinski definition) is 6. The van der Waals surface area contributed by atoms with Gasteiger partial charge in [0.05, 0.1) is 12.7 Å². The van der Waals surface area contributed by atoms with E-state index in [0.29, 0.717) is 18.2 Å². The van der Waals surface area contributed by atoms with Gasteiger partial charge in [0.25, 0.3) is 0 Å². The summed E-state index contributed by atoms with van der Waals surface area (Å²) < 4.78 is 11.4. The van der Waals surface area contributed by atoms with Crippen LogP contribution in [-0.4, -0.2) is 40.9 Å². The average molecular weight is 496 g/mol. The SMILES string of the molecule is Cc1c(-c2cccc(N[C@H]3CC[C@@H](OCc4ccccc4)CC3)c2)sc(C(=O)O)c1OCC(=O)O. The molecule has 8 heteroatoms. The molecule has 0 atom stereocenters. The highest BCUT2D eigenvalue weighted by molar-refractivity contribution is 7.18. The molecule has 0 bridgehead atoms. The van der Waals surface area contributed by atoms with E-state index in [1.165, 1.54) is 5.56 Å². The van der Waals surface area contributed by atoms with Gasteiger partial charge in [-0.25, -0.2) is 9.59 Å². The van der Waals surface area contributed by atoms with Gasteiger partial charge in [-0.05, 0) is 55.9 Å². The van der Waals surface area contributed by atoms with Gasteiger partial charge in [0.2, 0.25) is 0 Å². The minimum absolute atomic E-state index is 0.00550. The highest BCUT2D eigenvalue weighted by atomic mass is 32.1. The van der Waals surface area contributed by atoms with Crippen molar-refractivity contribution < 1.29 is 29.3 Å². The summed E-state index contributed by atoms with van der Waals surface area (Å²) >= 11 is 1.10. The van der Waals surface area contributed by atoms with Gasteiger partial charge in [-0.1, -0.05) is 42.5 Å². The lowest BCUT2D eigenvalue weighted by Gasteiger charge is -2.30. The third kappa shape index (κ3) is 6.41. The lowest BCUT2D eigenvalue weighted by atomic mass is 9.92. The molecule has 1 saturated carbocycles. The second-order valence-corrected chi connectivity index (χ2v) is 9.72. The number of nitrogens with one attached hydrogen (secondary N) is 1. The van der Waals surface area contributed by atoms with Crippen molar-refractivity contribution in [1.29, 1.82) is 0 Å². The van der Waals surface area contributed by atoms with Crippen LogP contribution in [0, 0.1) is 6.92 Å². The number of benzene rings is 2. The monoisotopic (exact) mass is 495 g/mol. The zero-order valence-corrected chi connectivity index (χ0v) is 20.3. The summed E-state index contributed by atoms with van der Waals surface area (Å²) in [5, 5.41) is 22.1. The van der Waals surface area contributed by atoms with Crippen molar-refractivity contribution in [3.05, 3.63) is 70.6 Å². The smallest absolute Gasteiger partial charge is 0.349 e. The topological polar surface area (TPSA) is 105 Å². The van der Waals surface area contributed by atoms with Crippen LogP contribution < -0.4 is 10.1 Å². The number of rotatable bonds is 10. The molecule has 3 aromatic rings. The summed E-state index contributed by atoms with van der Waals surface area (Å²) in [5.41, 5.74) is 3.65. The number of thiophene rings is 1. The van der Waals surface area contributed by atoms with E-state index in [1.54, 1.807) is 6.92 Å². The maximum atomic E-state index is 11.7. The van der Waals surface area contributed by atoms with Crippen molar-refractivity contribution in [2.75, 3.05) is 11.9 Å². The third-order valence-electron chi connectivity index (χ3n) is 6.12. The average Bonchev–Trinajstić information content (AvgIpc) is 3.19. The molecule has 0 spiro atoms. The molecule has 0 saturated heterocycles. The molecule has 184 valence electrons. The number of aromatic carboxylic acids is 1. The molecule has 1 aliphatic carbocycles. The Labute approximate surface area is 208 Å². The van der Waals surface area contributed by atoms with Crippen molar-refractivity contribution in [2.45, 2.75) is 51.4 Å². The molecule has 1 aromatic heterocycles. The van der Waals surface area contributed by atoms with Crippen LogP contribution in [0.1, 0.15) is 46.5 Å². The molecule has 1 heterocycles. The Hall–Kier alpha value is -3.36. The third-order valence-corrected chi connectivity index (χ3v) is 7.43. The van der Waals surface area contributed by atoms with Gasteiger partial charge in [0.1, 0.15) is 5.75 Å². The molecule has 2 aromatic carbocycles. The summed E-state index contributed by atoms with van der Waals surface area (Å²) in [6, 6.07) is 18.4. The van der Waals surface area contributed by atoms with Gasteiger partial charge >= 0.3 is 11.9 Å². The molecular formula is C27H29NO6S. The minimum Gasteiger partial charge on any atom is -0.480 e. The first-order valence-electron chi connectivity index (χ1n) is 11.6. The van der Waals surface area contributed by atoms with E-state index in [4.69, 9.17) is 14.6 Å². The quantitative estimate of drug-likeness (QED) is 0.325. The maximum Gasteiger partial charge on any atom is 0.349 e. The van der Waals surface area contributed by atoms with E-state index in [2.05, 4.69) is 17.4 Å². The number of hydrogen-bond donors (Lipinski definition) is 3. The number of carbonyl (C=O) groups is 2. The highest BCUT2D eigenvalue weighted by Gasteiger charge is 2.24. The zero-order valence-electron chi connectivity index (χ0n) is 19.5. The fourth-order valence-corrected chi connectivity index (χ4v) is 5.46. The number of aliphatic carboxylic acids is 1. The Morgan fingerprint density at radius 1 is 1.03 bits per heavy atom. The van der Waals surface area contributed by atoms with Crippen LogP contribution in [-0.2, 0) is 16.1 Å². The zero-order chi connectivity index (χ0) is 24.8. The van der Waals surface area contributed by atoms with Crippen LogP contribution in [0.25, 0.3) is 10.4 Å². The van der Waals surface area contributed by atoms with E-state index in [0.717, 1.165) is 53.1 Å². The van der Waals surface area contributed by atoms with Gasteiger partial charge in [-0.15, -0.1) is 11.3 Å². The molecule has 0 radical (unpaired) electrons. The number of ether oxygens (including phenoxy) is 2. The van der Waals surface area contributed by atoms with Crippen LogP contribution in [0.5, 0.6) is 5.75 Å². The van der Waals surface area contributed by atoms with Gasteiger partial charge in [0.15, 0.2) is 11.5 Å². The summed E-state index contributed by atoms with van der Waals surface area (Å²) in [7, 11) is 0. The van der Waals surface area contributed by atoms with Crippen molar-refractivity contribution in [3.8, 4) is 16.2 Å². The summed E-state index contributed by atoms with van der Waals surface area (Å²) in [6.45, 7) is 1.81. The number of carboxylic acids is 2. The molecule has 1 aliphatic rings. The Balaban J connectivity index is 1.39. The largest absolute Gasteiger partial charge is 0.480 e. The molecule has 1 fully saturated rings. The normalized spacial score (nSPS) is 17.6. The van der Waals surface area contributed by atoms with Crippen LogP contribution in [0.15, 0.2) is 54.6 Å². The minimum atomic E-state index is -1.15. The standard InChI is InChI=1S/C27H29NO6S/c1-17-24(34-16-23(29)30)26(27(31)32)35-25(17)19-8-5-9-21(14-19)28-20-10-12-22(13-11-20)33-15-18-6-3-2-4-7-18/h2-9,14,20,22,28H,10-13,15-16H2,1H3,(H,29,30)(H,31,32)/t20-,22+. The molecule has 0 aliphatic heterocycles. The van der Waals surface area contributed by atoms with Gasteiger partial charge in [0, 0.05) is 22.2 Å². The molecule has 7 nitrogen and oxygen atoms in total. The fraction of sp³-hybridized carbons (Fsp3) is 0.333. The first-order chi connectivity index (χ1) is 16.9. The predicted octanol–water partition coefficient (Wildman–Crippen LogP) is 5.83. The Bertz CT molecular complexity index is 1170. The van der Waals surface area contributed by atoms with E-state index in [9.17, 15) is 14.7 Å². The van der Waals surface area contributed by atoms with E-state index in [1.807, 2.05) is 42.5 Å². The lowest BCUT2D eigenvalue weighted by Crippen LogP contribution is -2.29. The van der Waals surface area contributed by atoms with Gasteiger partial charge in [-0.3, -0.25) is 0 Å². The second kappa shape index (κ2) is 11.4. The summed E-state index contributed by atoms with van der Waals surface area (Å²) in [5.74, 6) is -2.17. The molecular weight excluding hydrogens is 466 g/mol. The van der Waals surface area contributed by atoms with Crippen LogP contribution >= 0.6 is 11.3 Å². The van der Waals surface area contributed by atoms with Crippen LogP contribution in [0.4, 0.5) is 5.69 Å². The van der Waals surface area contributed by atoms with Crippen molar-refractivity contribution >= 4 is 29.0 Å². The van der Waals surface area contributed by atoms with Crippen molar-refractivity contribution in [3.63, 3.8) is 0 Å². The first-order valence-corrected chi connectivity index (χ1v) is 12.5. The first kappa shape index (κ1) is 24.8. The highest BCUT2D eigenvalue weighted by Crippen LogP contribution is 2.42.